The number of ether oxygens (including phenoxy) is 1. The van der Waals surface area contributed by atoms with E-state index in [0.29, 0.717) is 6.54 Å². The minimum absolute atomic E-state index is 0.649. The molecular weight excluding hydrogens is 294 g/mol. The van der Waals surface area contributed by atoms with Crippen molar-refractivity contribution in [1.82, 2.24) is 14.8 Å². The maximum absolute atomic E-state index is 5.25. The van der Waals surface area contributed by atoms with E-state index in [4.69, 9.17) is 4.74 Å². The van der Waals surface area contributed by atoms with Crippen LogP contribution >= 0.6 is 15.9 Å². The zero-order valence-corrected chi connectivity index (χ0v) is 12.6. The first kappa shape index (κ1) is 13.1. The van der Waals surface area contributed by atoms with Gasteiger partial charge in [-0.2, -0.15) is 5.10 Å². The van der Waals surface area contributed by atoms with Gasteiger partial charge in [0.1, 0.15) is 5.75 Å². The third-order valence-electron chi connectivity index (χ3n) is 2.82. The lowest BCUT2D eigenvalue weighted by Gasteiger charge is -2.07. The van der Waals surface area contributed by atoms with Crippen molar-refractivity contribution in [3.05, 3.63) is 39.4 Å². The highest BCUT2D eigenvalue weighted by molar-refractivity contribution is 9.10. The van der Waals surface area contributed by atoms with E-state index in [1.54, 1.807) is 7.11 Å². The smallest absolute Gasteiger partial charge is 0.122 e. The normalized spacial score (nSPS) is 10.7. The average molecular weight is 310 g/mol. The van der Waals surface area contributed by atoms with E-state index in [1.165, 1.54) is 0 Å². The molecule has 0 fully saturated rings. The Labute approximate surface area is 115 Å². The van der Waals surface area contributed by atoms with Crippen LogP contribution in [-0.2, 0) is 6.54 Å². The van der Waals surface area contributed by atoms with Crippen LogP contribution in [0.4, 0.5) is 0 Å². The Hall–Kier alpha value is -1.36. The largest absolute Gasteiger partial charge is 0.497 e. The van der Waals surface area contributed by atoms with Gasteiger partial charge in [-0.25, -0.2) is 0 Å². The van der Waals surface area contributed by atoms with Gasteiger partial charge in [0, 0.05) is 17.8 Å². The van der Waals surface area contributed by atoms with Gasteiger partial charge >= 0.3 is 0 Å². The Morgan fingerprint density at radius 2 is 2.00 bits per heavy atom. The molecule has 0 aliphatic carbocycles. The summed E-state index contributed by atoms with van der Waals surface area (Å²) in [6.45, 7) is 6.63. The summed E-state index contributed by atoms with van der Waals surface area (Å²) in [6.07, 6.45) is 0. The minimum Gasteiger partial charge on any atom is -0.497 e. The summed E-state index contributed by atoms with van der Waals surface area (Å²) in [5.41, 5.74) is 4.00. The number of aromatic nitrogens is 3. The van der Waals surface area contributed by atoms with Gasteiger partial charge in [0.25, 0.3) is 0 Å². The van der Waals surface area contributed by atoms with Gasteiger partial charge in [-0.1, -0.05) is 0 Å². The molecule has 0 unspecified atom stereocenters. The molecule has 18 heavy (non-hydrogen) atoms. The van der Waals surface area contributed by atoms with Crippen LogP contribution in [0.25, 0.3) is 0 Å². The second-order valence-electron chi connectivity index (χ2n) is 4.28. The van der Waals surface area contributed by atoms with E-state index in [2.05, 4.69) is 26.0 Å². The van der Waals surface area contributed by atoms with Crippen LogP contribution in [0.2, 0.25) is 0 Å². The topological polar surface area (TPSA) is 39.9 Å². The molecule has 0 aliphatic heterocycles. The summed E-state index contributed by atoms with van der Waals surface area (Å²) >= 11 is 3.53. The van der Waals surface area contributed by atoms with E-state index in [-0.39, 0.29) is 0 Å². The summed E-state index contributed by atoms with van der Waals surface area (Å²) < 4.78 is 8.26. The van der Waals surface area contributed by atoms with Gasteiger partial charge in [0.05, 0.1) is 35.2 Å². The number of rotatable bonds is 3. The molecule has 2 aromatic rings. The zero-order chi connectivity index (χ0) is 13.3. The van der Waals surface area contributed by atoms with Gasteiger partial charge in [0.2, 0.25) is 0 Å². The lowest BCUT2D eigenvalue weighted by Crippen LogP contribution is -2.06. The van der Waals surface area contributed by atoms with Crippen LogP contribution in [-0.4, -0.2) is 21.9 Å². The highest BCUT2D eigenvalue weighted by Gasteiger charge is 2.10. The summed E-state index contributed by atoms with van der Waals surface area (Å²) in [7, 11) is 1.67. The van der Waals surface area contributed by atoms with Crippen molar-refractivity contribution >= 4 is 15.9 Å². The molecule has 2 heterocycles. The van der Waals surface area contributed by atoms with Crippen LogP contribution in [0.15, 0.2) is 16.6 Å². The van der Waals surface area contributed by atoms with Crippen molar-refractivity contribution in [3.8, 4) is 5.75 Å². The quantitative estimate of drug-likeness (QED) is 0.875. The molecule has 0 N–H and O–H groups in total. The molecule has 0 amide bonds. The number of hydrogen-bond donors (Lipinski definition) is 0. The number of pyridine rings is 1. The molecule has 0 aromatic carbocycles. The van der Waals surface area contributed by atoms with Gasteiger partial charge < -0.3 is 4.74 Å². The molecule has 0 bridgehead atoms. The predicted molar refractivity (Wildman–Crippen MR) is 74.0 cm³/mol. The summed E-state index contributed by atoms with van der Waals surface area (Å²) in [6, 6.07) is 3.86. The minimum atomic E-state index is 0.649. The number of halogens is 1. The van der Waals surface area contributed by atoms with E-state index >= 15 is 0 Å². The second-order valence-corrected chi connectivity index (χ2v) is 5.08. The first-order valence-electron chi connectivity index (χ1n) is 5.72. The average Bonchev–Trinajstić information content (AvgIpc) is 2.56. The second kappa shape index (κ2) is 5.10. The number of nitrogens with zero attached hydrogens (tertiary/aromatic N) is 3. The number of aryl methyl sites for hydroxylation is 2. The fraction of sp³-hybridized carbons (Fsp3) is 0.385. The molecule has 96 valence electrons. The Balaban J connectivity index is 2.33. The standard InChI is InChI=1S/C13H16BrN3O/c1-8-5-12(18-4)6-11(15-8)7-17-10(3)13(14)9(2)16-17/h5-6H,7H2,1-4H3. The molecule has 4 nitrogen and oxygen atoms in total. The first-order chi connectivity index (χ1) is 8.51. The Bertz CT molecular complexity index is 578. The Morgan fingerprint density at radius 3 is 2.56 bits per heavy atom. The lowest BCUT2D eigenvalue weighted by molar-refractivity contribution is 0.412. The third kappa shape index (κ3) is 2.56. The van der Waals surface area contributed by atoms with Crippen LogP contribution in [0.1, 0.15) is 22.8 Å². The highest BCUT2D eigenvalue weighted by atomic mass is 79.9. The number of hydrogen-bond acceptors (Lipinski definition) is 3. The van der Waals surface area contributed by atoms with E-state index < -0.39 is 0 Å². The van der Waals surface area contributed by atoms with Gasteiger partial charge in [-0.3, -0.25) is 9.67 Å². The molecule has 0 saturated heterocycles. The molecule has 0 atom stereocenters. The zero-order valence-electron chi connectivity index (χ0n) is 11.0. The van der Waals surface area contributed by atoms with Gasteiger partial charge in [-0.05, 0) is 36.7 Å². The van der Waals surface area contributed by atoms with Crippen LogP contribution < -0.4 is 4.74 Å². The molecule has 0 radical (unpaired) electrons. The molecule has 2 rings (SSSR count). The van der Waals surface area contributed by atoms with Crippen LogP contribution in [0.5, 0.6) is 5.75 Å². The predicted octanol–water partition coefficient (Wildman–Crippen LogP) is 3.02. The maximum Gasteiger partial charge on any atom is 0.122 e. The van der Waals surface area contributed by atoms with E-state index in [9.17, 15) is 0 Å². The van der Waals surface area contributed by atoms with E-state index in [1.807, 2.05) is 37.6 Å². The summed E-state index contributed by atoms with van der Waals surface area (Å²) in [4.78, 5) is 4.50. The highest BCUT2D eigenvalue weighted by Crippen LogP contribution is 2.21. The maximum atomic E-state index is 5.25. The third-order valence-corrected chi connectivity index (χ3v) is 3.97. The van der Waals surface area contributed by atoms with Gasteiger partial charge in [0.15, 0.2) is 0 Å². The molecule has 0 spiro atoms. The molecule has 0 saturated carbocycles. The van der Waals surface area contributed by atoms with Crippen molar-refractivity contribution in [1.29, 1.82) is 0 Å². The van der Waals surface area contributed by atoms with Crippen molar-refractivity contribution in [3.63, 3.8) is 0 Å². The lowest BCUT2D eigenvalue weighted by atomic mass is 10.3. The van der Waals surface area contributed by atoms with Crippen LogP contribution in [0, 0.1) is 20.8 Å². The Kier molecular flexibility index (Phi) is 3.71. The van der Waals surface area contributed by atoms with Gasteiger partial charge in [-0.15, -0.1) is 0 Å². The first-order valence-corrected chi connectivity index (χ1v) is 6.51. The number of methoxy groups -OCH3 is 1. The molecular formula is C13H16BrN3O. The fourth-order valence-electron chi connectivity index (χ4n) is 1.88. The fourth-order valence-corrected chi connectivity index (χ4v) is 2.17. The summed E-state index contributed by atoms with van der Waals surface area (Å²) in [5.74, 6) is 0.832. The van der Waals surface area contributed by atoms with Crippen molar-refractivity contribution < 1.29 is 4.74 Å². The molecule has 5 heteroatoms. The summed E-state index contributed by atoms with van der Waals surface area (Å²) in [5, 5.41) is 4.48. The van der Waals surface area contributed by atoms with Crippen LogP contribution in [0.3, 0.4) is 0 Å². The van der Waals surface area contributed by atoms with Crippen molar-refractivity contribution in [2.75, 3.05) is 7.11 Å². The monoisotopic (exact) mass is 309 g/mol. The Morgan fingerprint density at radius 1 is 1.28 bits per heavy atom. The SMILES string of the molecule is COc1cc(C)nc(Cn2nc(C)c(Br)c2C)c1. The van der Waals surface area contributed by atoms with Crippen molar-refractivity contribution in [2.24, 2.45) is 0 Å². The van der Waals surface area contributed by atoms with E-state index in [0.717, 1.165) is 33.0 Å². The van der Waals surface area contributed by atoms with Crippen molar-refractivity contribution in [2.45, 2.75) is 27.3 Å². The molecule has 2 aromatic heterocycles. The molecule has 0 aliphatic rings.